The number of nitrogens with zero attached hydrogens (tertiary/aromatic N) is 7. The van der Waals surface area contributed by atoms with Crippen LogP contribution in [0.4, 0.5) is 5.82 Å². The van der Waals surface area contributed by atoms with Gasteiger partial charge in [-0.3, -0.25) is 4.79 Å². The van der Waals surface area contributed by atoms with Crippen molar-refractivity contribution in [1.29, 1.82) is 5.26 Å². The zero-order valence-corrected chi connectivity index (χ0v) is 15.0. The molecule has 1 amide bonds. The van der Waals surface area contributed by atoms with Crippen LogP contribution < -0.4 is 4.90 Å². The summed E-state index contributed by atoms with van der Waals surface area (Å²) in [5.41, 5.74) is 2.85. The Bertz CT molecular complexity index is 1010. The molecule has 1 saturated heterocycles. The van der Waals surface area contributed by atoms with Crippen LogP contribution in [0.3, 0.4) is 0 Å². The number of hydrogen-bond acceptors (Lipinski definition) is 6. The summed E-state index contributed by atoms with van der Waals surface area (Å²) in [6.45, 7) is 5.42. The van der Waals surface area contributed by atoms with Crippen LogP contribution in [0.2, 0.25) is 0 Å². The molecule has 1 aliphatic rings. The van der Waals surface area contributed by atoms with Crippen molar-refractivity contribution in [3.63, 3.8) is 0 Å². The predicted octanol–water partition coefficient (Wildman–Crippen LogP) is 1.68. The Kier molecular flexibility index (Phi) is 4.42. The number of carbonyl (C=O) groups is 1. The molecule has 0 radical (unpaired) electrons. The zero-order valence-electron chi connectivity index (χ0n) is 15.0. The number of hydrogen-bond donors (Lipinski definition) is 0. The molecule has 0 unspecified atom stereocenters. The lowest BCUT2D eigenvalue weighted by Crippen LogP contribution is -2.49. The Morgan fingerprint density at radius 3 is 2.67 bits per heavy atom. The highest BCUT2D eigenvalue weighted by molar-refractivity contribution is 5.97. The first-order valence-corrected chi connectivity index (χ1v) is 8.93. The third-order valence-corrected chi connectivity index (χ3v) is 4.83. The van der Waals surface area contributed by atoms with Crippen LogP contribution in [-0.4, -0.2) is 57.0 Å². The van der Waals surface area contributed by atoms with Gasteiger partial charge in [-0.1, -0.05) is 5.21 Å². The minimum Gasteiger partial charge on any atom is -0.353 e. The monoisotopic (exact) mass is 361 g/mol. The lowest BCUT2D eigenvalue weighted by Gasteiger charge is -2.35. The number of anilines is 1. The molecule has 0 atom stereocenters. The molecule has 3 heterocycles. The summed E-state index contributed by atoms with van der Waals surface area (Å²) < 4.78 is 1.81. The minimum atomic E-state index is 0.00962. The van der Waals surface area contributed by atoms with Crippen LogP contribution >= 0.6 is 0 Å². The molecule has 0 N–H and O–H groups in total. The van der Waals surface area contributed by atoms with Crippen molar-refractivity contribution in [2.45, 2.75) is 13.5 Å². The summed E-state index contributed by atoms with van der Waals surface area (Å²) in [6.07, 6.45) is 1.57. The maximum absolute atomic E-state index is 12.8. The summed E-state index contributed by atoms with van der Waals surface area (Å²) in [5.74, 6) is 0.842. The van der Waals surface area contributed by atoms with Gasteiger partial charge in [-0.15, -0.1) is 5.10 Å². The average molecular weight is 361 g/mol. The smallest absolute Gasteiger partial charge is 0.254 e. The fraction of sp³-hybridized carbons (Fsp3) is 0.316. The number of carbonyl (C=O) groups excluding carboxylic acids is 1. The number of amides is 1. The van der Waals surface area contributed by atoms with E-state index in [1.54, 1.807) is 12.3 Å². The van der Waals surface area contributed by atoms with Crippen molar-refractivity contribution in [2.75, 3.05) is 31.1 Å². The van der Waals surface area contributed by atoms with Crippen molar-refractivity contribution < 1.29 is 4.79 Å². The Morgan fingerprint density at radius 2 is 2.00 bits per heavy atom. The molecule has 2 aromatic heterocycles. The van der Waals surface area contributed by atoms with Gasteiger partial charge >= 0.3 is 0 Å². The highest BCUT2D eigenvalue weighted by Crippen LogP contribution is 2.18. The van der Waals surface area contributed by atoms with Crippen LogP contribution in [0, 0.1) is 11.3 Å². The van der Waals surface area contributed by atoms with Crippen molar-refractivity contribution in [3.05, 3.63) is 47.7 Å². The zero-order chi connectivity index (χ0) is 18.8. The molecule has 1 aromatic carbocycles. The largest absolute Gasteiger partial charge is 0.353 e. The summed E-state index contributed by atoms with van der Waals surface area (Å²) in [4.78, 5) is 21.2. The van der Waals surface area contributed by atoms with Gasteiger partial charge in [-0.2, -0.15) is 5.26 Å². The molecule has 8 heteroatoms. The molecule has 3 aromatic rings. The average Bonchev–Trinajstić information content (AvgIpc) is 3.16. The SMILES string of the molecule is CCn1nnc2cc(C(=O)N3CCN(c4ccc(C#N)cn4)CC3)ccc21. The minimum absolute atomic E-state index is 0.00962. The lowest BCUT2D eigenvalue weighted by atomic mass is 10.1. The molecule has 0 spiro atoms. The first-order valence-electron chi connectivity index (χ1n) is 8.93. The molecule has 0 aliphatic carbocycles. The summed E-state index contributed by atoms with van der Waals surface area (Å²) in [7, 11) is 0. The molecular weight excluding hydrogens is 342 g/mol. The molecule has 136 valence electrons. The van der Waals surface area contributed by atoms with Crippen LogP contribution in [0.1, 0.15) is 22.8 Å². The van der Waals surface area contributed by atoms with Crippen molar-refractivity contribution in [1.82, 2.24) is 24.9 Å². The van der Waals surface area contributed by atoms with E-state index >= 15 is 0 Å². The van der Waals surface area contributed by atoms with E-state index in [-0.39, 0.29) is 5.91 Å². The topological polar surface area (TPSA) is 90.9 Å². The Hall–Kier alpha value is -3.47. The van der Waals surface area contributed by atoms with Gasteiger partial charge in [0.2, 0.25) is 0 Å². The van der Waals surface area contributed by atoms with Gasteiger partial charge < -0.3 is 9.80 Å². The van der Waals surface area contributed by atoms with Crippen molar-refractivity contribution >= 4 is 22.8 Å². The summed E-state index contributed by atoms with van der Waals surface area (Å²) >= 11 is 0. The molecule has 1 fully saturated rings. The van der Waals surface area contributed by atoms with Crippen LogP contribution in [0.5, 0.6) is 0 Å². The number of fused-ring (bicyclic) bond motifs is 1. The van der Waals surface area contributed by atoms with Crippen molar-refractivity contribution in [3.8, 4) is 6.07 Å². The normalized spacial score (nSPS) is 14.4. The highest BCUT2D eigenvalue weighted by atomic mass is 16.2. The highest BCUT2D eigenvalue weighted by Gasteiger charge is 2.23. The van der Waals surface area contributed by atoms with Gasteiger partial charge in [0.1, 0.15) is 17.4 Å². The molecule has 27 heavy (non-hydrogen) atoms. The standard InChI is InChI=1S/C19H19N7O/c1-2-26-17-5-4-15(11-16(17)22-23-26)19(27)25-9-7-24(8-10-25)18-6-3-14(12-20)13-21-18/h3-6,11,13H,2,7-10H2,1H3. The van der Waals surface area contributed by atoms with E-state index in [4.69, 9.17) is 5.26 Å². The summed E-state index contributed by atoms with van der Waals surface area (Å²) in [6, 6.07) is 11.2. The predicted molar refractivity (Wildman–Crippen MR) is 100 cm³/mol. The first-order chi connectivity index (χ1) is 13.2. The maximum Gasteiger partial charge on any atom is 0.254 e. The second-order valence-electron chi connectivity index (χ2n) is 6.40. The fourth-order valence-electron chi connectivity index (χ4n) is 3.30. The molecule has 4 rings (SSSR count). The van der Waals surface area contributed by atoms with E-state index in [0.717, 1.165) is 23.4 Å². The van der Waals surface area contributed by atoms with E-state index in [9.17, 15) is 4.79 Å². The Morgan fingerprint density at radius 1 is 1.19 bits per heavy atom. The second kappa shape index (κ2) is 7.03. The molecular formula is C19H19N7O. The number of aryl methyl sites for hydroxylation is 1. The Labute approximate surface area is 156 Å². The van der Waals surface area contributed by atoms with E-state index in [0.29, 0.717) is 37.3 Å². The number of benzene rings is 1. The van der Waals surface area contributed by atoms with Gasteiger partial charge in [0.05, 0.1) is 11.1 Å². The second-order valence-corrected chi connectivity index (χ2v) is 6.40. The molecule has 0 saturated carbocycles. The van der Waals surface area contributed by atoms with E-state index in [2.05, 4.69) is 26.3 Å². The summed E-state index contributed by atoms with van der Waals surface area (Å²) in [5, 5.41) is 17.1. The van der Waals surface area contributed by atoms with Crippen LogP contribution in [0.25, 0.3) is 11.0 Å². The van der Waals surface area contributed by atoms with Gasteiger partial charge in [0.25, 0.3) is 5.91 Å². The third-order valence-electron chi connectivity index (χ3n) is 4.83. The first kappa shape index (κ1) is 17.0. The van der Waals surface area contributed by atoms with Gasteiger partial charge in [0, 0.05) is 44.5 Å². The van der Waals surface area contributed by atoms with Gasteiger partial charge in [-0.25, -0.2) is 9.67 Å². The van der Waals surface area contributed by atoms with E-state index in [1.807, 2.05) is 40.8 Å². The molecule has 0 bridgehead atoms. The maximum atomic E-state index is 12.8. The quantitative estimate of drug-likeness (QED) is 0.705. The Balaban J connectivity index is 1.44. The number of piperazine rings is 1. The van der Waals surface area contributed by atoms with Crippen LogP contribution in [0.15, 0.2) is 36.5 Å². The van der Waals surface area contributed by atoms with E-state index < -0.39 is 0 Å². The van der Waals surface area contributed by atoms with Gasteiger partial charge in [-0.05, 0) is 37.3 Å². The fourth-order valence-corrected chi connectivity index (χ4v) is 3.30. The molecule has 8 nitrogen and oxygen atoms in total. The number of nitriles is 1. The van der Waals surface area contributed by atoms with Gasteiger partial charge in [0.15, 0.2) is 0 Å². The molecule has 1 aliphatic heterocycles. The van der Waals surface area contributed by atoms with Crippen molar-refractivity contribution in [2.24, 2.45) is 0 Å². The van der Waals surface area contributed by atoms with E-state index in [1.165, 1.54) is 0 Å². The number of pyridine rings is 1. The lowest BCUT2D eigenvalue weighted by molar-refractivity contribution is 0.0746. The number of rotatable bonds is 3. The third kappa shape index (κ3) is 3.19. The van der Waals surface area contributed by atoms with Crippen LogP contribution in [-0.2, 0) is 6.54 Å². The number of aromatic nitrogens is 4.